The molecule has 8 heteroatoms. The normalized spacial score (nSPS) is 16.3. The molecule has 158 valence electrons. The van der Waals surface area contributed by atoms with Crippen LogP contribution >= 0.6 is 12.4 Å². The quantitative estimate of drug-likeness (QED) is 0.577. The fourth-order valence-corrected chi connectivity index (χ4v) is 4.28. The molecule has 3 heterocycles. The molecule has 2 fully saturated rings. The van der Waals surface area contributed by atoms with Crippen molar-refractivity contribution in [2.45, 2.75) is 31.7 Å². The molecule has 3 N–H and O–H groups in total. The van der Waals surface area contributed by atoms with Crippen LogP contribution in [0, 0.1) is 0 Å². The van der Waals surface area contributed by atoms with Gasteiger partial charge in [-0.1, -0.05) is 6.07 Å². The van der Waals surface area contributed by atoms with Crippen molar-refractivity contribution in [1.82, 2.24) is 14.5 Å². The third kappa shape index (κ3) is 3.28. The highest BCUT2D eigenvalue weighted by Gasteiger charge is 2.33. The number of nitrogens with one attached hydrogen (secondary N) is 1. The van der Waals surface area contributed by atoms with Crippen molar-refractivity contribution in [2.24, 2.45) is 7.05 Å². The molecule has 3 aromatic rings. The van der Waals surface area contributed by atoms with Gasteiger partial charge in [0.25, 0.3) is 5.56 Å². The fraction of sp³-hybridized carbons (Fsp3) is 0.364. The number of aromatic hydroxyl groups is 1. The summed E-state index contributed by atoms with van der Waals surface area (Å²) in [6.07, 6.45) is 3.00. The molecule has 0 unspecified atom stereocenters. The zero-order valence-electron chi connectivity index (χ0n) is 16.6. The molecular weight excluding hydrogens is 406 g/mol. The van der Waals surface area contributed by atoms with E-state index in [1.165, 1.54) is 12.1 Å². The van der Waals surface area contributed by atoms with Gasteiger partial charge in [0, 0.05) is 35.8 Å². The molecule has 30 heavy (non-hydrogen) atoms. The van der Waals surface area contributed by atoms with Crippen molar-refractivity contribution in [2.75, 3.05) is 13.1 Å². The number of hydrogen-bond donors (Lipinski definition) is 3. The average Bonchev–Trinajstić information content (AvgIpc) is 3.42. The van der Waals surface area contributed by atoms with Crippen LogP contribution in [0.4, 0.5) is 0 Å². The van der Waals surface area contributed by atoms with E-state index in [1.807, 2.05) is 18.2 Å². The first-order valence-corrected chi connectivity index (χ1v) is 9.97. The number of H-pyrrole nitrogens is 1. The van der Waals surface area contributed by atoms with Crippen LogP contribution in [0.2, 0.25) is 0 Å². The smallest absolute Gasteiger partial charge is 0.345 e. The Bertz CT molecular complexity index is 1210. The van der Waals surface area contributed by atoms with Crippen LogP contribution < -0.4 is 5.56 Å². The Morgan fingerprint density at radius 2 is 1.97 bits per heavy atom. The van der Waals surface area contributed by atoms with Crippen LogP contribution in [0.15, 0.2) is 29.1 Å². The summed E-state index contributed by atoms with van der Waals surface area (Å²) < 4.78 is 2.19. The van der Waals surface area contributed by atoms with Crippen molar-refractivity contribution in [3.63, 3.8) is 0 Å². The van der Waals surface area contributed by atoms with Crippen molar-refractivity contribution in [1.29, 1.82) is 0 Å². The van der Waals surface area contributed by atoms with Crippen LogP contribution in [0.5, 0.6) is 5.75 Å². The standard InChI is InChI=1S/C22H23N3O4.ClH/c1-24-15(11-25-7-2-8-25)10-14-9-13(5-6-16(14)24)19-17(12-3-4-12)20(26)18(22(28)29)21(27)23-19;/h5-6,9-10,12H,2-4,7-8,11H2,1H3,(H,28,29)(H2,23,26,27);1H. The van der Waals surface area contributed by atoms with Crippen molar-refractivity contribution >= 4 is 29.3 Å². The van der Waals surface area contributed by atoms with Crippen LogP contribution in [0.3, 0.4) is 0 Å². The van der Waals surface area contributed by atoms with E-state index in [-0.39, 0.29) is 18.3 Å². The number of carboxylic acid groups (broad SMARTS) is 1. The van der Waals surface area contributed by atoms with Gasteiger partial charge in [0.2, 0.25) is 0 Å². The maximum atomic E-state index is 12.3. The Balaban J connectivity index is 0.00000218. The van der Waals surface area contributed by atoms with Gasteiger partial charge in [0.15, 0.2) is 5.56 Å². The number of likely N-dealkylation sites (tertiary alicyclic amines) is 1. The highest BCUT2D eigenvalue weighted by Crippen LogP contribution is 2.48. The third-order valence-electron chi connectivity index (χ3n) is 6.19. The van der Waals surface area contributed by atoms with E-state index in [0.29, 0.717) is 11.3 Å². The number of aromatic carboxylic acids is 1. The minimum atomic E-state index is -1.41. The number of aromatic amines is 1. The lowest BCUT2D eigenvalue weighted by Gasteiger charge is -2.30. The molecule has 2 aliphatic rings. The zero-order chi connectivity index (χ0) is 20.3. The maximum absolute atomic E-state index is 12.3. The van der Waals surface area contributed by atoms with Gasteiger partial charge in [-0.3, -0.25) is 9.69 Å². The molecule has 1 aliphatic carbocycles. The van der Waals surface area contributed by atoms with E-state index in [0.717, 1.165) is 48.9 Å². The Kier molecular flexibility index (Phi) is 5.11. The van der Waals surface area contributed by atoms with Crippen LogP contribution in [0.1, 0.15) is 46.8 Å². The molecular formula is C22H24ClN3O4. The molecule has 0 amide bonds. The van der Waals surface area contributed by atoms with Gasteiger partial charge in [-0.05, 0) is 62.0 Å². The number of carbonyl (C=O) groups is 1. The van der Waals surface area contributed by atoms with Crippen LogP contribution in [-0.2, 0) is 13.6 Å². The molecule has 0 spiro atoms. The van der Waals surface area contributed by atoms with Crippen molar-refractivity contribution in [3.8, 4) is 17.0 Å². The highest BCUT2D eigenvalue weighted by atomic mass is 35.5. The summed E-state index contributed by atoms with van der Waals surface area (Å²) in [5.74, 6) is -1.73. The van der Waals surface area contributed by atoms with E-state index < -0.39 is 22.8 Å². The van der Waals surface area contributed by atoms with E-state index in [2.05, 4.69) is 27.6 Å². The van der Waals surface area contributed by atoms with Crippen LogP contribution in [-0.4, -0.2) is 43.7 Å². The predicted molar refractivity (Wildman–Crippen MR) is 117 cm³/mol. The lowest BCUT2D eigenvalue weighted by Crippen LogP contribution is -2.36. The van der Waals surface area contributed by atoms with Gasteiger partial charge in [-0.15, -0.1) is 12.4 Å². The Morgan fingerprint density at radius 1 is 1.23 bits per heavy atom. The van der Waals surface area contributed by atoms with E-state index in [1.54, 1.807) is 0 Å². The summed E-state index contributed by atoms with van der Waals surface area (Å²) in [6, 6.07) is 8.11. The summed E-state index contributed by atoms with van der Waals surface area (Å²) in [7, 11) is 2.06. The summed E-state index contributed by atoms with van der Waals surface area (Å²) in [4.78, 5) is 28.9. The first-order chi connectivity index (χ1) is 13.9. The molecule has 1 saturated carbocycles. The van der Waals surface area contributed by atoms with E-state index in [4.69, 9.17) is 0 Å². The number of nitrogens with zero attached hydrogens (tertiary/aromatic N) is 2. The molecule has 1 saturated heterocycles. The monoisotopic (exact) mass is 429 g/mol. The molecule has 7 nitrogen and oxygen atoms in total. The Morgan fingerprint density at radius 3 is 2.57 bits per heavy atom. The number of fused-ring (bicyclic) bond motifs is 1. The van der Waals surface area contributed by atoms with Gasteiger partial charge < -0.3 is 19.8 Å². The number of halogens is 1. The minimum Gasteiger partial charge on any atom is -0.506 e. The summed E-state index contributed by atoms with van der Waals surface area (Å²) >= 11 is 0. The molecule has 1 aromatic carbocycles. The molecule has 0 atom stereocenters. The number of pyridine rings is 1. The molecule has 1 aliphatic heterocycles. The lowest BCUT2D eigenvalue weighted by molar-refractivity contribution is 0.0691. The van der Waals surface area contributed by atoms with Gasteiger partial charge in [0.05, 0.1) is 5.69 Å². The van der Waals surface area contributed by atoms with Crippen molar-refractivity contribution in [3.05, 3.63) is 51.4 Å². The molecule has 2 aromatic heterocycles. The first kappa shape index (κ1) is 20.5. The summed E-state index contributed by atoms with van der Waals surface area (Å²) in [6.45, 7) is 3.18. The van der Waals surface area contributed by atoms with Gasteiger partial charge >= 0.3 is 5.97 Å². The number of aromatic nitrogens is 2. The Hall–Kier alpha value is -2.77. The predicted octanol–water partition coefficient (Wildman–Crippen LogP) is 3.44. The third-order valence-corrected chi connectivity index (χ3v) is 6.19. The second-order valence-electron chi connectivity index (χ2n) is 8.14. The summed E-state index contributed by atoms with van der Waals surface area (Å²) in [5, 5.41) is 21.0. The average molecular weight is 430 g/mol. The fourth-order valence-electron chi connectivity index (χ4n) is 4.28. The molecule has 0 radical (unpaired) electrons. The number of hydrogen-bond acceptors (Lipinski definition) is 4. The van der Waals surface area contributed by atoms with Gasteiger partial charge in [-0.25, -0.2) is 4.79 Å². The van der Waals surface area contributed by atoms with Crippen LogP contribution in [0.25, 0.3) is 22.2 Å². The minimum absolute atomic E-state index is 0. The lowest BCUT2D eigenvalue weighted by atomic mass is 9.98. The van der Waals surface area contributed by atoms with Gasteiger partial charge in [-0.2, -0.15) is 0 Å². The maximum Gasteiger partial charge on any atom is 0.345 e. The number of aryl methyl sites for hydroxylation is 1. The SMILES string of the molecule is Cl.Cn1c(CN2CCC2)cc2cc(-c3[nH]c(=O)c(C(=O)O)c(O)c3C3CC3)ccc21. The highest BCUT2D eigenvalue weighted by molar-refractivity contribution is 5.93. The first-order valence-electron chi connectivity index (χ1n) is 9.97. The summed E-state index contributed by atoms with van der Waals surface area (Å²) in [5.41, 5.74) is 2.83. The molecule has 0 bridgehead atoms. The van der Waals surface area contributed by atoms with Gasteiger partial charge in [0.1, 0.15) is 5.75 Å². The Labute approximate surface area is 179 Å². The topological polar surface area (TPSA) is 98.6 Å². The molecule has 5 rings (SSSR count). The second-order valence-corrected chi connectivity index (χ2v) is 8.14. The van der Waals surface area contributed by atoms with Crippen molar-refractivity contribution < 1.29 is 15.0 Å². The zero-order valence-corrected chi connectivity index (χ0v) is 17.5. The van der Waals surface area contributed by atoms with E-state index >= 15 is 0 Å². The van der Waals surface area contributed by atoms with E-state index in [9.17, 15) is 19.8 Å². The number of benzene rings is 1. The second kappa shape index (κ2) is 7.49. The number of rotatable bonds is 5. The number of carboxylic acids is 1. The largest absolute Gasteiger partial charge is 0.506 e.